The highest BCUT2D eigenvalue weighted by Gasteiger charge is 2.23. The predicted octanol–water partition coefficient (Wildman–Crippen LogP) is 2.05. The van der Waals surface area contributed by atoms with Gasteiger partial charge < -0.3 is 10.2 Å². The second kappa shape index (κ2) is 6.10. The molecule has 17 heavy (non-hydrogen) atoms. The summed E-state index contributed by atoms with van der Waals surface area (Å²) in [6.07, 6.45) is -2.39. The third-order valence-corrected chi connectivity index (χ3v) is 2.71. The average Bonchev–Trinajstić information content (AvgIpc) is 2.28. The molecule has 0 aliphatic carbocycles. The van der Waals surface area contributed by atoms with Crippen LogP contribution in [0.4, 0.5) is 4.39 Å². The van der Waals surface area contributed by atoms with Crippen molar-refractivity contribution in [3.05, 3.63) is 35.1 Å². The zero-order valence-corrected chi connectivity index (χ0v) is 10.1. The smallest absolute Gasteiger partial charge is 0.162 e. The Morgan fingerprint density at radius 2 is 2.12 bits per heavy atom. The Morgan fingerprint density at radius 3 is 2.65 bits per heavy atom. The number of aliphatic hydroxyl groups excluding tert-OH is 2. The summed E-state index contributed by atoms with van der Waals surface area (Å²) in [7, 11) is 0. The van der Waals surface area contributed by atoms with Crippen LogP contribution in [0.3, 0.4) is 0 Å². The van der Waals surface area contributed by atoms with Crippen molar-refractivity contribution in [1.82, 2.24) is 0 Å². The summed E-state index contributed by atoms with van der Waals surface area (Å²) >= 11 is 5.43. The molecule has 0 heterocycles. The monoisotopic (exact) mass is 260 g/mol. The Bertz CT molecular complexity index is 409. The number of rotatable bonds is 5. The quantitative estimate of drug-likeness (QED) is 0.629. The third-order valence-electron chi connectivity index (χ3n) is 2.50. The first-order valence-electron chi connectivity index (χ1n) is 5.20. The standard InChI is InChI=1S/C12H14ClFO3/c1-7(15)8-3-2-4-9(11(8)14)12(17)10(16)5-6-13/h2-4,10,12,16-17H,5-6H2,1H3. The molecule has 94 valence electrons. The number of hydrogen-bond acceptors (Lipinski definition) is 3. The summed E-state index contributed by atoms with van der Waals surface area (Å²) in [4.78, 5) is 11.1. The Labute approximate surface area is 104 Å². The van der Waals surface area contributed by atoms with E-state index in [0.717, 1.165) is 0 Å². The van der Waals surface area contributed by atoms with E-state index in [-0.39, 0.29) is 23.4 Å². The van der Waals surface area contributed by atoms with Gasteiger partial charge in [-0.1, -0.05) is 12.1 Å². The van der Waals surface area contributed by atoms with Crippen molar-refractivity contribution in [3.8, 4) is 0 Å². The Balaban J connectivity index is 3.06. The molecule has 0 radical (unpaired) electrons. The Hall–Kier alpha value is -0.970. The lowest BCUT2D eigenvalue weighted by atomic mass is 9.98. The number of Topliss-reactive ketones (excluding diaryl/α,β-unsaturated/α-hetero) is 1. The number of carbonyl (C=O) groups is 1. The number of aliphatic hydroxyl groups is 2. The molecule has 2 atom stereocenters. The molecule has 1 aromatic rings. The van der Waals surface area contributed by atoms with Crippen molar-refractivity contribution in [2.45, 2.75) is 25.6 Å². The van der Waals surface area contributed by atoms with E-state index in [2.05, 4.69) is 0 Å². The van der Waals surface area contributed by atoms with Crippen LogP contribution in [0.5, 0.6) is 0 Å². The number of benzene rings is 1. The van der Waals surface area contributed by atoms with Crippen LogP contribution in [0.15, 0.2) is 18.2 Å². The summed E-state index contributed by atoms with van der Waals surface area (Å²) in [5.74, 6) is -1.06. The molecule has 3 nitrogen and oxygen atoms in total. The maximum absolute atomic E-state index is 13.8. The minimum atomic E-state index is -1.38. The van der Waals surface area contributed by atoms with Gasteiger partial charge in [-0.3, -0.25) is 4.79 Å². The van der Waals surface area contributed by atoms with Crippen LogP contribution in [-0.4, -0.2) is 28.0 Å². The van der Waals surface area contributed by atoms with Crippen LogP contribution in [0.2, 0.25) is 0 Å². The van der Waals surface area contributed by atoms with Gasteiger partial charge in [0.1, 0.15) is 11.9 Å². The van der Waals surface area contributed by atoms with Crippen LogP contribution < -0.4 is 0 Å². The minimum absolute atomic E-state index is 0.0877. The van der Waals surface area contributed by atoms with Crippen LogP contribution in [0, 0.1) is 5.82 Å². The zero-order chi connectivity index (χ0) is 13.0. The normalized spacial score (nSPS) is 14.4. The molecule has 0 aliphatic rings. The molecular formula is C12H14ClFO3. The van der Waals surface area contributed by atoms with Gasteiger partial charge in [0.2, 0.25) is 0 Å². The lowest BCUT2D eigenvalue weighted by Gasteiger charge is -2.18. The molecular weight excluding hydrogens is 247 g/mol. The highest BCUT2D eigenvalue weighted by atomic mass is 35.5. The first-order chi connectivity index (χ1) is 7.99. The Morgan fingerprint density at radius 1 is 1.47 bits per heavy atom. The molecule has 5 heteroatoms. The molecule has 0 aliphatic heterocycles. The minimum Gasteiger partial charge on any atom is -0.390 e. The first-order valence-corrected chi connectivity index (χ1v) is 5.74. The van der Waals surface area contributed by atoms with Gasteiger partial charge in [-0.25, -0.2) is 4.39 Å². The maximum atomic E-state index is 13.8. The van der Waals surface area contributed by atoms with Gasteiger partial charge in [0.05, 0.1) is 11.7 Å². The molecule has 0 saturated carbocycles. The van der Waals surface area contributed by atoms with Crippen molar-refractivity contribution < 1.29 is 19.4 Å². The average molecular weight is 261 g/mol. The van der Waals surface area contributed by atoms with Crippen LogP contribution >= 0.6 is 11.6 Å². The molecule has 0 fully saturated rings. The molecule has 1 aromatic carbocycles. The molecule has 0 spiro atoms. The van der Waals surface area contributed by atoms with Crippen LogP contribution in [0.25, 0.3) is 0 Å². The topological polar surface area (TPSA) is 57.5 Å². The van der Waals surface area contributed by atoms with E-state index >= 15 is 0 Å². The van der Waals surface area contributed by atoms with E-state index in [4.69, 9.17) is 11.6 Å². The van der Waals surface area contributed by atoms with Gasteiger partial charge in [-0.15, -0.1) is 11.6 Å². The van der Waals surface area contributed by atoms with Crippen LogP contribution in [-0.2, 0) is 0 Å². The van der Waals surface area contributed by atoms with Gasteiger partial charge in [0.15, 0.2) is 5.78 Å². The third kappa shape index (κ3) is 3.25. The second-order valence-corrected chi connectivity index (χ2v) is 4.13. The zero-order valence-electron chi connectivity index (χ0n) is 9.36. The fourth-order valence-corrected chi connectivity index (χ4v) is 1.75. The van der Waals surface area contributed by atoms with E-state index in [9.17, 15) is 19.4 Å². The molecule has 0 bridgehead atoms. The number of hydrogen-bond donors (Lipinski definition) is 2. The lowest BCUT2D eigenvalue weighted by Crippen LogP contribution is -2.20. The molecule has 0 aromatic heterocycles. The van der Waals surface area contributed by atoms with Gasteiger partial charge in [0, 0.05) is 11.4 Å². The van der Waals surface area contributed by atoms with Crippen molar-refractivity contribution in [1.29, 1.82) is 0 Å². The largest absolute Gasteiger partial charge is 0.390 e. The second-order valence-electron chi connectivity index (χ2n) is 3.75. The van der Waals surface area contributed by atoms with Crippen molar-refractivity contribution in [2.75, 3.05) is 5.88 Å². The van der Waals surface area contributed by atoms with E-state index < -0.39 is 23.8 Å². The highest BCUT2D eigenvalue weighted by molar-refractivity contribution is 6.17. The fraction of sp³-hybridized carbons (Fsp3) is 0.417. The van der Waals surface area contributed by atoms with Crippen LogP contribution in [0.1, 0.15) is 35.4 Å². The van der Waals surface area contributed by atoms with Gasteiger partial charge in [0.25, 0.3) is 0 Å². The molecule has 2 N–H and O–H groups in total. The van der Waals surface area contributed by atoms with Crippen molar-refractivity contribution in [2.24, 2.45) is 0 Å². The number of halogens is 2. The number of ketones is 1. The van der Waals surface area contributed by atoms with Gasteiger partial charge >= 0.3 is 0 Å². The highest BCUT2D eigenvalue weighted by Crippen LogP contribution is 2.24. The number of alkyl halides is 1. The van der Waals surface area contributed by atoms with Gasteiger partial charge in [-0.2, -0.15) is 0 Å². The van der Waals surface area contributed by atoms with E-state index in [0.29, 0.717) is 0 Å². The first kappa shape index (κ1) is 14.1. The summed E-state index contributed by atoms with van der Waals surface area (Å²) in [5.41, 5.74) is -0.185. The van der Waals surface area contributed by atoms with E-state index in [1.165, 1.54) is 25.1 Å². The molecule has 0 saturated heterocycles. The summed E-state index contributed by atoms with van der Waals surface area (Å²) < 4.78 is 13.8. The van der Waals surface area contributed by atoms with Crippen molar-refractivity contribution >= 4 is 17.4 Å². The lowest BCUT2D eigenvalue weighted by molar-refractivity contribution is 0.0148. The van der Waals surface area contributed by atoms with Gasteiger partial charge in [-0.05, 0) is 19.4 Å². The summed E-state index contributed by atoms with van der Waals surface area (Å²) in [5, 5.41) is 19.3. The number of carbonyl (C=O) groups excluding carboxylic acids is 1. The molecule has 1 rings (SSSR count). The molecule has 2 unspecified atom stereocenters. The Kier molecular flexibility index (Phi) is 5.05. The predicted molar refractivity (Wildman–Crippen MR) is 62.7 cm³/mol. The fourth-order valence-electron chi connectivity index (χ4n) is 1.53. The summed E-state index contributed by atoms with van der Waals surface area (Å²) in [6.45, 7) is 1.24. The van der Waals surface area contributed by atoms with E-state index in [1.807, 2.05) is 0 Å². The van der Waals surface area contributed by atoms with Crippen molar-refractivity contribution in [3.63, 3.8) is 0 Å². The molecule has 0 amide bonds. The SMILES string of the molecule is CC(=O)c1cccc(C(O)C(O)CCCl)c1F. The maximum Gasteiger partial charge on any atom is 0.162 e. The summed E-state index contributed by atoms with van der Waals surface area (Å²) in [6, 6.07) is 4.14. The van der Waals surface area contributed by atoms with E-state index in [1.54, 1.807) is 0 Å².